The molecule has 5 aliphatic rings. The molecule has 0 bridgehead atoms. The predicted molar refractivity (Wildman–Crippen MR) is 158 cm³/mol. The molecule has 0 amide bonds. The molecule has 7 N–H and O–H groups in total. The van der Waals surface area contributed by atoms with Crippen LogP contribution in [0.2, 0.25) is 0 Å². The van der Waals surface area contributed by atoms with E-state index in [4.69, 9.17) is 28.4 Å². The lowest BCUT2D eigenvalue weighted by molar-refractivity contribution is -0.277. The molecule has 2 aliphatic carbocycles. The van der Waals surface area contributed by atoms with Crippen LogP contribution in [-0.4, -0.2) is 110 Å². The molecule has 264 valence electrons. The van der Waals surface area contributed by atoms with Crippen LogP contribution in [0.5, 0.6) is 5.75 Å². The standard InChI is InChI=1S/C33H42O15/c1-13-21(35)7-17-20(12-45-31(41)24(13)17)30(40)47-22-8-18-19(11-44-32(42)25(18)14(22)2)29(39)43-10-15-3-5-16(6-4-15)46-33-28(38)27(37)26(36)23(9-34)48-33/h3-6,11-14,17-18,21-28,31-38,41-42H,7-10H2,1-2H3. The van der Waals surface area contributed by atoms with Gasteiger partial charge in [0.1, 0.15) is 42.9 Å². The summed E-state index contributed by atoms with van der Waals surface area (Å²) in [7, 11) is 0. The fraction of sp³-hybridized carbons (Fsp3) is 0.636. The number of hydrogen-bond acceptors (Lipinski definition) is 15. The van der Waals surface area contributed by atoms with Crippen molar-refractivity contribution in [2.75, 3.05) is 6.61 Å². The molecule has 48 heavy (non-hydrogen) atoms. The summed E-state index contributed by atoms with van der Waals surface area (Å²) in [5, 5.41) is 70.8. The Morgan fingerprint density at radius 2 is 1.40 bits per heavy atom. The van der Waals surface area contributed by atoms with Gasteiger partial charge in [-0.1, -0.05) is 26.0 Å². The van der Waals surface area contributed by atoms with E-state index in [9.17, 15) is 45.3 Å². The van der Waals surface area contributed by atoms with Crippen LogP contribution in [-0.2, 0) is 39.9 Å². The van der Waals surface area contributed by atoms with E-state index in [2.05, 4.69) is 0 Å². The molecule has 3 heterocycles. The third-order valence-electron chi connectivity index (χ3n) is 10.6. The average Bonchev–Trinajstić information content (AvgIpc) is 3.56. The number of ether oxygens (including phenoxy) is 6. The summed E-state index contributed by atoms with van der Waals surface area (Å²) in [6.45, 7) is 2.88. The van der Waals surface area contributed by atoms with E-state index < -0.39 is 97.7 Å². The van der Waals surface area contributed by atoms with Gasteiger partial charge in [0.25, 0.3) is 0 Å². The van der Waals surface area contributed by atoms with E-state index in [0.29, 0.717) is 5.56 Å². The van der Waals surface area contributed by atoms with Gasteiger partial charge in [0.2, 0.25) is 6.29 Å². The molecule has 15 atom stereocenters. The van der Waals surface area contributed by atoms with Crippen molar-refractivity contribution in [2.45, 2.75) is 88.8 Å². The van der Waals surface area contributed by atoms with Gasteiger partial charge in [-0.2, -0.15) is 0 Å². The summed E-state index contributed by atoms with van der Waals surface area (Å²) >= 11 is 0. The summed E-state index contributed by atoms with van der Waals surface area (Å²) in [5.74, 6) is -3.71. The molecule has 1 saturated heterocycles. The number of carbonyl (C=O) groups excluding carboxylic acids is 2. The zero-order valence-corrected chi connectivity index (χ0v) is 26.3. The second-order valence-electron chi connectivity index (χ2n) is 13.3. The number of aliphatic hydroxyl groups excluding tert-OH is 7. The molecule has 2 saturated carbocycles. The van der Waals surface area contributed by atoms with Crippen molar-refractivity contribution in [3.63, 3.8) is 0 Å². The van der Waals surface area contributed by atoms with Crippen molar-refractivity contribution < 1.29 is 73.8 Å². The van der Waals surface area contributed by atoms with Crippen molar-refractivity contribution in [3.05, 3.63) is 53.5 Å². The summed E-state index contributed by atoms with van der Waals surface area (Å²) in [6, 6.07) is 6.27. The molecule has 0 radical (unpaired) electrons. The third kappa shape index (κ3) is 6.41. The van der Waals surface area contributed by atoms with Crippen LogP contribution in [0.25, 0.3) is 0 Å². The van der Waals surface area contributed by atoms with Gasteiger partial charge in [-0.3, -0.25) is 0 Å². The largest absolute Gasteiger partial charge is 0.472 e. The Morgan fingerprint density at radius 3 is 2.04 bits per heavy atom. The monoisotopic (exact) mass is 678 g/mol. The topological polar surface area (TPSA) is 231 Å². The van der Waals surface area contributed by atoms with Crippen LogP contribution in [0.4, 0.5) is 0 Å². The second-order valence-corrected chi connectivity index (χ2v) is 13.3. The molecule has 0 aromatic heterocycles. The normalized spacial score (nSPS) is 41.9. The Balaban J connectivity index is 1.05. The maximum atomic E-state index is 13.3. The Morgan fingerprint density at radius 1 is 0.792 bits per heavy atom. The van der Waals surface area contributed by atoms with Gasteiger partial charge in [-0.25, -0.2) is 9.59 Å². The van der Waals surface area contributed by atoms with E-state index >= 15 is 0 Å². The molecule has 3 aliphatic heterocycles. The first-order chi connectivity index (χ1) is 22.9. The van der Waals surface area contributed by atoms with Crippen LogP contribution in [0, 0.1) is 35.5 Å². The van der Waals surface area contributed by atoms with Crippen LogP contribution in [0.1, 0.15) is 32.3 Å². The summed E-state index contributed by atoms with van der Waals surface area (Å²) in [4.78, 5) is 26.6. The number of carbonyl (C=O) groups is 2. The number of fused-ring (bicyclic) bond motifs is 2. The van der Waals surface area contributed by atoms with Gasteiger partial charge in [0.15, 0.2) is 12.6 Å². The third-order valence-corrected chi connectivity index (χ3v) is 10.6. The van der Waals surface area contributed by atoms with Crippen LogP contribution in [0.15, 0.2) is 47.9 Å². The quantitative estimate of drug-likeness (QED) is 0.167. The minimum Gasteiger partial charge on any atom is -0.472 e. The van der Waals surface area contributed by atoms with Gasteiger partial charge in [0.05, 0.1) is 36.4 Å². The first kappa shape index (κ1) is 34.6. The summed E-state index contributed by atoms with van der Waals surface area (Å²) < 4.78 is 33.1. The minimum absolute atomic E-state index is 0.128. The van der Waals surface area contributed by atoms with Crippen molar-refractivity contribution in [2.24, 2.45) is 35.5 Å². The fourth-order valence-electron chi connectivity index (χ4n) is 7.67. The molecule has 15 unspecified atom stereocenters. The van der Waals surface area contributed by atoms with Gasteiger partial charge in [-0.05, 0) is 36.5 Å². The van der Waals surface area contributed by atoms with E-state index in [1.807, 2.05) is 0 Å². The maximum Gasteiger partial charge on any atom is 0.337 e. The first-order valence-electron chi connectivity index (χ1n) is 16.1. The zero-order chi connectivity index (χ0) is 34.4. The molecule has 6 rings (SSSR count). The molecule has 15 heteroatoms. The molecular formula is C33H42O15. The van der Waals surface area contributed by atoms with Gasteiger partial charge >= 0.3 is 11.9 Å². The van der Waals surface area contributed by atoms with Crippen molar-refractivity contribution in [3.8, 4) is 5.75 Å². The Kier molecular flexibility index (Phi) is 10.0. The lowest BCUT2D eigenvalue weighted by Gasteiger charge is -2.39. The highest BCUT2D eigenvalue weighted by Crippen LogP contribution is 2.49. The smallest absolute Gasteiger partial charge is 0.337 e. The molecule has 1 aromatic carbocycles. The average molecular weight is 679 g/mol. The Labute approximate surface area is 275 Å². The number of rotatable bonds is 8. The van der Waals surface area contributed by atoms with Crippen molar-refractivity contribution in [1.29, 1.82) is 0 Å². The molecule has 1 aromatic rings. The second kappa shape index (κ2) is 13.9. The predicted octanol–water partition coefficient (Wildman–Crippen LogP) is -0.809. The minimum atomic E-state index is -1.58. The SMILES string of the molecule is CC1C(O)CC2C(C(=O)OC3CC4C(C(=O)OCc5ccc(OC6OC(CO)C(O)C(O)C6O)cc5)=COC(O)C4C3C)=COC(O)C21. The van der Waals surface area contributed by atoms with Crippen molar-refractivity contribution >= 4 is 11.9 Å². The highest BCUT2D eigenvalue weighted by Gasteiger charge is 2.54. The van der Waals surface area contributed by atoms with Gasteiger partial charge in [-0.15, -0.1) is 0 Å². The highest BCUT2D eigenvalue weighted by molar-refractivity contribution is 5.90. The van der Waals surface area contributed by atoms with E-state index in [0.717, 1.165) is 0 Å². The van der Waals surface area contributed by atoms with E-state index in [1.165, 1.54) is 24.7 Å². The number of hydrogen-bond donors (Lipinski definition) is 7. The molecule has 3 fully saturated rings. The zero-order valence-electron chi connectivity index (χ0n) is 26.3. The van der Waals surface area contributed by atoms with Gasteiger partial charge < -0.3 is 64.2 Å². The van der Waals surface area contributed by atoms with Crippen LogP contribution >= 0.6 is 0 Å². The van der Waals surface area contributed by atoms with Crippen LogP contribution in [0.3, 0.4) is 0 Å². The van der Waals surface area contributed by atoms with Gasteiger partial charge in [0, 0.05) is 29.6 Å². The first-order valence-corrected chi connectivity index (χ1v) is 16.1. The highest BCUT2D eigenvalue weighted by atomic mass is 16.7. The summed E-state index contributed by atoms with van der Waals surface area (Å²) in [6.07, 6.45) is -7.98. The Hall–Kier alpha value is -3.28. The lowest BCUT2D eigenvalue weighted by Crippen LogP contribution is -2.60. The van der Waals surface area contributed by atoms with Crippen molar-refractivity contribution in [1.82, 2.24) is 0 Å². The van der Waals surface area contributed by atoms with Crippen LogP contribution < -0.4 is 4.74 Å². The van der Waals surface area contributed by atoms with E-state index in [-0.39, 0.29) is 48.2 Å². The van der Waals surface area contributed by atoms with E-state index in [1.54, 1.807) is 26.0 Å². The Bertz CT molecular complexity index is 1390. The maximum absolute atomic E-state index is 13.3. The fourth-order valence-corrected chi connectivity index (χ4v) is 7.67. The lowest BCUT2D eigenvalue weighted by atomic mass is 9.83. The number of benzene rings is 1. The molecular weight excluding hydrogens is 636 g/mol. The number of aliphatic hydroxyl groups is 7. The summed E-state index contributed by atoms with van der Waals surface area (Å²) in [5.41, 5.74) is 1.00. The molecule has 15 nitrogen and oxygen atoms in total. The molecule has 0 spiro atoms. The number of esters is 2.